The number of anilines is 1. The lowest BCUT2D eigenvalue weighted by atomic mass is 10.0. The van der Waals surface area contributed by atoms with Crippen LogP contribution >= 0.6 is 12.4 Å². The molecule has 0 fully saturated rings. The number of carbonyl (C=O) groups excluding carboxylic acids is 1. The van der Waals surface area contributed by atoms with E-state index in [4.69, 9.17) is 21.6 Å². The first kappa shape index (κ1) is 22.3. The molecule has 1 atom stereocenters. The molecule has 0 aliphatic heterocycles. The second-order valence-electron chi connectivity index (χ2n) is 5.75. The van der Waals surface area contributed by atoms with Gasteiger partial charge < -0.3 is 31.4 Å². The summed E-state index contributed by atoms with van der Waals surface area (Å²) in [6.45, 7) is 2.60. The zero-order chi connectivity index (χ0) is 19.1. The SMILES string of the molecule is CCc1ccc(OCCN)c(C(Nc2ccc(C(=N)N)cc2)C(=O)[O-])c1.Cl. The molecule has 2 rings (SSSR count). The smallest absolute Gasteiger partial charge is 0.125 e. The van der Waals surface area contributed by atoms with Gasteiger partial charge in [0.2, 0.25) is 0 Å². The van der Waals surface area contributed by atoms with Crippen molar-refractivity contribution in [3.05, 3.63) is 59.2 Å². The molecular formula is C19H24ClN4O3-. The van der Waals surface area contributed by atoms with Gasteiger partial charge in [0.05, 0.1) is 12.0 Å². The van der Waals surface area contributed by atoms with Crippen molar-refractivity contribution in [2.75, 3.05) is 18.5 Å². The molecule has 0 heterocycles. The highest BCUT2D eigenvalue weighted by atomic mass is 35.5. The van der Waals surface area contributed by atoms with Crippen LogP contribution in [0.15, 0.2) is 42.5 Å². The highest BCUT2D eigenvalue weighted by molar-refractivity contribution is 5.95. The molecule has 1 unspecified atom stereocenters. The van der Waals surface area contributed by atoms with Crippen molar-refractivity contribution < 1.29 is 14.6 Å². The minimum Gasteiger partial charge on any atom is -0.548 e. The molecule has 0 aromatic heterocycles. The number of nitrogen functional groups attached to an aromatic ring is 1. The lowest BCUT2D eigenvalue weighted by molar-refractivity contribution is -0.307. The van der Waals surface area contributed by atoms with Crippen molar-refractivity contribution in [3.8, 4) is 5.75 Å². The number of halogens is 1. The molecule has 0 saturated carbocycles. The molecule has 0 amide bonds. The van der Waals surface area contributed by atoms with Crippen molar-refractivity contribution in [1.29, 1.82) is 5.41 Å². The standard InChI is InChI=1S/C19H24N4O3.ClH/c1-2-12-3-8-16(26-10-9-20)15(11-12)17(19(24)25)23-14-6-4-13(5-7-14)18(21)22;/h3-8,11,17,23H,2,9-10,20H2,1H3,(H3,21,22)(H,24,25);1H/p-1. The summed E-state index contributed by atoms with van der Waals surface area (Å²) in [4.78, 5) is 11.8. The Bertz CT molecular complexity index is 781. The van der Waals surface area contributed by atoms with Gasteiger partial charge in [0.15, 0.2) is 0 Å². The quantitative estimate of drug-likeness (QED) is 0.374. The first-order valence-electron chi connectivity index (χ1n) is 8.33. The van der Waals surface area contributed by atoms with E-state index < -0.39 is 12.0 Å². The Hall–Kier alpha value is -2.77. The Labute approximate surface area is 164 Å². The van der Waals surface area contributed by atoms with E-state index in [1.54, 1.807) is 36.4 Å². The van der Waals surface area contributed by atoms with Crippen LogP contribution in [0.1, 0.15) is 29.7 Å². The predicted molar refractivity (Wildman–Crippen MR) is 106 cm³/mol. The zero-order valence-electron chi connectivity index (χ0n) is 15.0. The number of ether oxygens (including phenoxy) is 1. The molecule has 7 nitrogen and oxygen atoms in total. The van der Waals surface area contributed by atoms with Crippen LogP contribution in [-0.4, -0.2) is 25.0 Å². The van der Waals surface area contributed by atoms with Gasteiger partial charge in [0.1, 0.15) is 18.2 Å². The summed E-state index contributed by atoms with van der Waals surface area (Å²) in [6.07, 6.45) is 0.761. The highest BCUT2D eigenvalue weighted by Crippen LogP contribution is 2.29. The third-order valence-corrected chi connectivity index (χ3v) is 3.91. The van der Waals surface area contributed by atoms with Crippen LogP contribution in [0, 0.1) is 5.41 Å². The number of benzene rings is 2. The summed E-state index contributed by atoms with van der Waals surface area (Å²) in [5.74, 6) is -0.873. The first-order valence-corrected chi connectivity index (χ1v) is 8.33. The Kier molecular flexibility index (Phi) is 8.58. The largest absolute Gasteiger partial charge is 0.548 e. The predicted octanol–water partition coefficient (Wildman–Crippen LogP) is 1.20. The maximum Gasteiger partial charge on any atom is 0.125 e. The fraction of sp³-hybridized carbons (Fsp3) is 0.263. The van der Waals surface area contributed by atoms with E-state index in [9.17, 15) is 9.90 Å². The van der Waals surface area contributed by atoms with Gasteiger partial charge in [-0.3, -0.25) is 5.41 Å². The lowest BCUT2D eigenvalue weighted by Crippen LogP contribution is -2.34. The van der Waals surface area contributed by atoms with E-state index in [-0.39, 0.29) is 24.8 Å². The second kappa shape index (κ2) is 10.4. The fourth-order valence-electron chi connectivity index (χ4n) is 2.52. The van der Waals surface area contributed by atoms with Gasteiger partial charge in [-0.1, -0.05) is 13.0 Å². The summed E-state index contributed by atoms with van der Waals surface area (Å²) in [6, 6.07) is 11.0. The molecule has 146 valence electrons. The molecule has 0 aliphatic rings. The summed E-state index contributed by atoms with van der Waals surface area (Å²) >= 11 is 0. The topological polar surface area (TPSA) is 137 Å². The minimum atomic E-state index is -1.27. The van der Waals surface area contributed by atoms with Gasteiger partial charge in [-0.2, -0.15) is 0 Å². The van der Waals surface area contributed by atoms with Gasteiger partial charge in [-0.25, -0.2) is 0 Å². The number of aliphatic carboxylic acids is 1. The number of carboxylic acids is 1. The summed E-state index contributed by atoms with van der Waals surface area (Å²) in [5.41, 5.74) is 13.5. The molecule has 0 spiro atoms. The van der Waals surface area contributed by atoms with Crippen LogP contribution in [0.4, 0.5) is 5.69 Å². The van der Waals surface area contributed by atoms with Crippen molar-refractivity contribution in [1.82, 2.24) is 0 Å². The monoisotopic (exact) mass is 391 g/mol. The van der Waals surface area contributed by atoms with E-state index in [0.717, 1.165) is 12.0 Å². The molecule has 0 bridgehead atoms. The molecule has 2 aromatic carbocycles. The molecule has 6 N–H and O–H groups in total. The van der Waals surface area contributed by atoms with Crippen LogP contribution < -0.4 is 26.6 Å². The second-order valence-corrected chi connectivity index (χ2v) is 5.75. The van der Waals surface area contributed by atoms with Gasteiger partial charge in [-0.15, -0.1) is 12.4 Å². The zero-order valence-corrected chi connectivity index (χ0v) is 15.8. The molecular weight excluding hydrogens is 368 g/mol. The van der Waals surface area contributed by atoms with E-state index in [2.05, 4.69) is 5.32 Å². The van der Waals surface area contributed by atoms with E-state index in [0.29, 0.717) is 29.1 Å². The average molecular weight is 392 g/mol. The number of carboxylic acid groups (broad SMARTS) is 1. The number of hydrogen-bond donors (Lipinski definition) is 4. The van der Waals surface area contributed by atoms with Gasteiger partial charge in [-0.05, 0) is 48.4 Å². The van der Waals surface area contributed by atoms with Crippen LogP contribution in [0.5, 0.6) is 5.75 Å². The third kappa shape index (κ3) is 5.87. The van der Waals surface area contributed by atoms with Crippen molar-refractivity contribution in [3.63, 3.8) is 0 Å². The summed E-state index contributed by atoms with van der Waals surface area (Å²) < 4.78 is 5.60. The number of rotatable bonds is 9. The van der Waals surface area contributed by atoms with Crippen LogP contribution in [0.25, 0.3) is 0 Å². The Morgan fingerprint density at radius 3 is 2.44 bits per heavy atom. The average Bonchev–Trinajstić information content (AvgIpc) is 2.64. The number of nitrogens with one attached hydrogen (secondary N) is 2. The Morgan fingerprint density at radius 1 is 1.26 bits per heavy atom. The molecule has 2 aromatic rings. The van der Waals surface area contributed by atoms with Crippen molar-refractivity contribution in [2.45, 2.75) is 19.4 Å². The van der Waals surface area contributed by atoms with Crippen molar-refractivity contribution in [2.24, 2.45) is 11.5 Å². The molecule has 0 aliphatic carbocycles. The first-order chi connectivity index (χ1) is 12.5. The Morgan fingerprint density at radius 2 is 1.93 bits per heavy atom. The number of hydrogen-bond acceptors (Lipinski definition) is 6. The van der Waals surface area contributed by atoms with E-state index in [1.807, 2.05) is 13.0 Å². The lowest BCUT2D eigenvalue weighted by Gasteiger charge is -2.24. The van der Waals surface area contributed by atoms with Crippen LogP contribution in [0.2, 0.25) is 0 Å². The fourth-order valence-corrected chi connectivity index (χ4v) is 2.52. The number of carbonyl (C=O) groups is 1. The van der Waals surface area contributed by atoms with Gasteiger partial charge in [0.25, 0.3) is 0 Å². The number of nitrogens with two attached hydrogens (primary N) is 2. The highest BCUT2D eigenvalue weighted by Gasteiger charge is 2.18. The summed E-state index contributed by atoms with van der Waals surface area (Å²) in [7, 11) is 0. The third-order valence-electron chi connectivity index (χ3n) is 3.91. The minimum absolute atomic E-state index is 0. The maximum absolute atomic E-state index is 11.8. The number of amidine groups is 1. The van der Waals surface area contributed by atoms with Gasteiger partial charge >= 0.3 is 0 Å². The Balaban J connectivity index is 0.00000364. The van der Waals surface area contributed by atoms with Crippen LogP contribution in [-0.2, 0) is 11.2 Å². The van der Waals surface area contributed by atoms with Crippen LogP contribution in [0.3, 0.4) is 0 Å². The normalized spacial score (nSPS) is 11.2. The number of aryl methyl sites for hydroxylation is 1. The van der Waals surface area contributed by atoms with E-state index >= 15 is 0 Å². The van der Waals surface area contributed by atoms with Gasteiger partial charge in [0, 0.05) is 23.4 Å². The van der Waals surface area contributed by atoms with E-state index in [1.165, 1.54) is 0 Å². The summed E-state index contributed by atoms with van der Waals surface area (Å²) in [5, 5.41) is 22.2. The molecule has 0 saturated heterocycles. The molecule has 0 radical (unpaired) electrons. The molecule has 8 heteroatoms. The molecule has 27 heavy (non-hydrogen) atoms. The van der Waals surface area contributed by atoms with Crippen molar-refractivity contribution >= 4 is 29.9 Å². The maximum atomic E-state index is 11.8.